The van der Waals surface area contributed by atoms with Crippen LogP contribution in [-0.2, 0) is 19.3 Å². The number of rotatable bonds is 5. The van der Waals surface area contributed by atoms with Crippen molar-refractivity contribution in [2.24, 2.45) is 5.73 Å². The molecule has 1 aromatic heterocycles. The number of aliphatic hydroxyl groups is 1. The summed E-state index contributed by atoms with van der Waals surface area (Å²) in [4.78, 5) is 4.13. The highest BCUT2D eigenvalue weighted by atomic mass is 32.2. The summed E-state index contributed by atoms with van der Waals surface area (Å²) in [5, 5.41) is 9.77. The predicted octanol–water partition coefficient (Wildman–Crippen LogP) is 4.87. The largest absolute Gasteiger partial charge is 0.417 e. The normalized spacial score (nSPS) is 11.6. The van der Waals surface area contributed by atoms with Gasteiger partial charge in [-0.3, -0.25) is 0 Å². The van der Waals surface area contributed by atoms with Crippen LogP contribution < -0.4 is 5.73 Å². The minimum Gasteiger partial charge on any atom is -0.392 e. The van der Waals surface area contributed by atoms with Crippen molar-refractivity contribution in [3.63, 3.8) is 0 Å². The van der Waals surface area contributed by atoms with Gasteiger partial charge in [0.05, 0.1) is 12.2 Å². The summed E-state index contributed by atoms with van der Waals surface area (Å²) in [7, 11) is 0. The van der Waals surface area contributed by atoms with Crippen molar-refractivity contribution in [2.75, 3.05) is 0 Å². The molecule has 0 atom stereocenters. The molecule has 3 aromatic rings. The van der Waals surface area contributed by atoms with Gasteiger partial charge >= 0.3 is 6.18 Å². The SMILES string of the molecule is NCc1cc(-c2ccccc2)cc(C(F)(F)F)c1Sc1ncccc1CO. The summed E-state index contributed by atoms with van der Waals surface area (Å²) < 4.78 is 41.5. The molecule has 140 valence electrons. The molecule has 3 rings (SSSR count). The molecule has 0 aliphatic heterocycles. The van der Waals surface area contributed by atoms with Gasteiger partial charge in [-0.1, -0.05) is 48.2 Å². The quantitative estimate of drug-likeness (QED) is 0.653. The molecular weight excluding hydrogens is 373 g/mol. The second-order valence-corrected chi connectivity index (χ2v) is 6.81. The van der Waals surface area contributed by atoms with E-state index in [9.17, 15) is 18.3 Å². The van der Waals surface area contributed by atoms with E-state index in [0.717, 1.165) is 17.8 Å². The second kappa shape index (κ2) is 8.12. The molecule has 0 amide bonds. The molecule has 0 fully saturated rings. The van der Waals surface area contributed by atoms with Crippen molar-refractivity contribution in [3.8, 4) is 11.1 Å². The van der Waals surface area contributed by atoms with Crippen LogP contribution in [0.2, 0.25) is 0 Å². The standard InChI is InChI=1S/C20H17F3N2OS/c21-20(22,23)17-10-15(13-5-2-1-3-6-13)9-16(11-24)18(17)27-19-14(12-26)7-4-8-25-19/h1-10,26H,11-12,24H2. The molecule has 3 nitrogen and oxygen atoms in total. The van der Waals surface area contributed by atoms with Crippen LogP contribution in [0.15, 0.2) is 70.7 Å². The highest BCUT2D eigenvalue weighted by Crippen LogP contribution is 2.43. The Morgan fingerprint density at radius 3 is 2.33 bits per heavy atom. The fourth-order valence-electron chi connectivity index (χ4n) is 2.70. The Kier molecular flexibility index (Phi) is 5.84. The third-order valence-electron chi connectivity index (χ3n) is 4.02. The lowest BCUT2D eigenvalue weighted by molar-refractivity contribution is -0.139. The molecule has 0 aliphatic carbocycles. The van der Waals surface area contributed by atoms with Crippen molar-refractivity contribution in [1.29, 1.82) is 0 Å². The number of aliphatic hydroxyl groups excluding tert-OH is 1. The maximum atomic E-state index is 13.8. The third-order valence-corrected chi connectivity index (χ3v) is 5.26. The van der Waals surface area contributed by atoms with Crippen LogP contribution in [0.5, 0.6) is 0 Å². The van der Waals surface area contributed by atoms with Crippen molar-refractivity contribution in [3.05, 3.63) is 77.5 Å². The Hall–Kier alpha value is -2.35. The van der Waals surface area contributed by atoms with Gasteiger partial charge < -0.3 is 10.8 Å². The van der Waals surface area contributed by atoms with Crippen molar-refractivity contribution in [1.82, 2.24) is 4.98 Å². The number of nitrogens with zero attached hydrogens (tertiary/aromatic N) is 1. The zero-order valence-electron chi connectivity index (χ0n) is 14.2. The lowest BCUT2D eigenvalue weighted by Crippen LogP contribution is -2.11. The third kappa shape index (κ3) is 4.32. The van der Waals surface area contributed by atoms with Crippen molar-refractivity contribution < 1.29 is 18.3 Å². The Bertz CT molecular complexity index is 930. The minimum atomic E-state index is -4.55. The van der Waals surface area contributed by atoms with E-state index >= 15 is 0 Å². The average Bonchev–Trinajstić information content (AvgIpc) is 2.68. The first kappa shape index (κ1) is 19.4. The van der Waals surface area contributed by atoms with E-state index in [1.165, 1.54) is 6.20 Å². The van der Waals surface area contributed by atoms with Gasteiger partial charge in [-0.05, 0) is 34.9 Å². The molecule has 0 bridgehead atoms. The molecule has 2 aromatic carbocycles. The Labute approximate surface area is 159 Å². The van der Waals surface area contributed by atoms with E-state index in [4.69, 9.17) is 5.73 Å². The summed E-state index contributed by atoms with van der Waals surface area (Å²) in [6.07, 6.45) is -3.07. The number of pyridine rings is 1. The van der Waals surface area contributed by atoms with Gasteiger partial charge in [-0.25, -0.2) is 4.98 Å². The van der Waals surface area contributed by atoms with Crippen LogP contribution in [0.25, 0.3) is 11.1 Å². The van der Waals surface area contributed by atoms with Crippen molar-refractivity contribution >= 4 is 11.8 Å². The van der Waals surface area contributed by atoms with Gasteiger partial charge in [0.2, 0.25) is 0 Å². The first-order valence-corrected chi connectivity index (χ1v) is 8.98. The molecule has 1 heterocycles. The maximum absolute atomic E-state index is 13.8. The topological polar surface area (TPSA) is 59.1 Å². The lowest BCUT2D eigenvalue weighted by Gasteiger charge is -2.18. The molecule has 0 unspecified atom stereocenters. The number of nitrogens with two attached hydrogens (primary N) is 1. The second-order valence-electron chi connectivity index (χ2n) is 5.81. The van der Waals surface area contributed by atoms with Gasteiger partial charge in [0.15, 0.2) is 0 Å². The summed E-state index contributed by atoms with van der Waals surface area (Å²) in [5.41, 5.74) is 7.00. The fraction of sp³-hybridized carbons (Fsp3) is 0.150. The maximum Gasteiger partial charge on any atom is 0.417 e. The highest BCUT2D eigenvalue weighted by molar-refractivity contribution is 7.99. The fourth-order valence-corrected chi connectivity index (χ4v) is 3.83. The number of hydrogen-bond donors (Lipinski definition) is 2. The number of hydrogen-bond acceptors (Lipinski definition) is 4. The van der Waals surface area contributed by atoms with E-state index in [1.807, 2.05) is 0 Å². The average molecular weight is 390 g/mol. The predicted molar refractivity (Wildman–Crippen MR) is 99.1 cm³/mol. The van der Waals surface area contributed by atoms with Crippen LogP contribution in [0.3, 0.4) is 0 Å². The van der Waals surface area contributed by atoms with Gasteiger partial charge in [-0.2, -0.15) is 13.2 Å². The Morgan fingerprint density at radius 2 is 1.70 bits per heavy atom. The first-order valence-electron chi connectivity index (χ1n) is 8.16. The van der Waals surface area contributed by atoms with Gasteiger partial charge in [0, 0.05) is 23.2 Å². The number of halogens is 3. The Morgan fingerprint density at radius 1 is 0.963 bits per heavy atom. The van der Waals surface area contributed by atoms with E-state index in [2.05, 4.69) is 4.98 Å². The van der Waals surface area contributed by atoms with E-state index in [1.54, 1.807) is 48.5 Å². The molecule has 0 saturated heterocycles. The molecule has 0 spiro atoms. The highest BCUT2D eigenvalue weighted by Gasteiger charge is 2.35. The van der Waals surface area contributed by atoms with Crippen LogP contribution in [0.1, 0.15) is 16.7 Å². The van der Waals surface area contributed by atoms with Gasteiger partial charge in [0.1, 0.15) is 5.03 Å². The Balaban J connectivity index is 2.17. The molecule has 7 heteroatoms. The molecule has 27 heavy (non-hydrogen) atoms. The molecule has 0 aliphatic rings. The van der Waals surface area contributed by atoms with Gasteiger partial charge in [0.25, 0.3) is 0 Å². The number of alkyl halides is 3. The monoisotopic (exact) mass is 390 g/mol. The zero-order chi connectivity index (χ0) is 19.4. The molecule has 0 saturated carbocycles. The summed E-state index contributed by atoms with van der Waals surface area (Å²) >= 11 is 0.876. The summed E-state index contributed by atoms with van der Waals surface area (Å²) in [6.45, 7) is -0.356. The van der Waals surface area contributed by atoms with E-state index in [-0.39, 0.29) is 18.0 Å². The molecule has 0 radical (unpaired) electrons. The van der Waals surface area contributed by atoms with Crippen LogP contribution in [0, 0.1) is 0 Å². The smallest absolute Gasteiger partial charge is 0.392 e. The zero-order valence-corrected chi connectivity index (χ0v) is 15.0. The van der Waals surface area contributed by atoms with Crippen molar-refractivity contribution in [2.45, 2.75) is 29.2 Å². The first-order chi connectivity index (χ1) is 12.9. The lowest BCUT2D eigenvalue weighted by atomic mass is 9.99. The molecular formula is C20H17F3N2OS. The van der Waals surface area contributed by atoms with Crippen LogP contribution in [0.4, 0.5) is 13.2 Å². The number of aromatic nitrogens is 1. The molecule has 3 N–H and O–H groups in total. The van der Waals surface area contributed by atoms with Gasteiger partial charge in [-0.15, -0.1) is 0 Å². The van der Waals surface area contributed by atoms with E-state index < -0.39 is 11.7 Å². The van der Waals surface area contributed by atoms with Crippen LogP contribution in [-0.4, -0.2) is 10.1 Å². The summed E-state index contributed by atoms with van der Waals surface area (Å²) in [5.74, 6) is 0. The van der Waals surface area contributed by atoms with E-state index in [0.29, 0.717) is 27.3 Å². The van der Waals surface area contributed by atoms with Crippen LogP contribution >= 0.6 is 11.8 Å². The minimum absolute atomic E-state index is 0.0121. The number of benzene rings is 2. The summed E-state index contributed by atoms with van der Waals surface area (Å²) in [6, 6.07) is 14.9.